The van der Waals surface area contributed by atoms with Crippen LogP contribution in [0.5, 0.6) is 0 Å². The summed E-state index contributed by atoms with van der Waals surface area (Å²) in [7, 11) is 0. The maximum Gasteiger partial charge on any atom is 0.255 e. The largest absolute Gasteiger partial charge is 0.360 e. The van der Waals surface area contributed by atoms with Crippen LogP contribution in [0.15, 0.2) is 89.9 Å². The lowest BCUT2D eigenvalue weighted by atomic mass is 10.0. The number of H-pyrrole nitrogens is 1. The van der Waals surface area contributed by atoms with Crippen molar-refractivity contribution in [2.45, 2.75) is 27.3 Å². The van der Waals surface area contributed by atoms with E-state index in [2.05, 4.69) is 54.9 Å². The summed E-state index contributed by atoms with van der Waals surface area (Å²) in [5.41, 5.74) is 8.12. The highest BCUT2D eigenvalue weighted by Crippen LogP contribution is 2.33. The zero-order valence-electron chi connectivity index (χ0n) is 22.8. The number of pyridine rings is 1. The fourth-order valence-corrected chi connectivity index (χ4v) is 5.12. The number of nitrogens with zero attached hydrogens (tertiary/aromatic N) is 4. The SMILES string of the molecule is CCN(CC)Cc1ccc(C(=O)Nc2ccc(-c3[nH]cc(C)c3-c3nccc(-c4cccnc4)n3)cc2)cc1Br. The van der Waals surface area contributed by atoms with E-state index in [9.17, 15) is 4.79 Å². The van der Waals surface area contributed by atoms with E-state index in [4.69, 9.17) is 4.98 Å². The number of aromatic nitrogens is 4. The van der Waals surface area contributed by atoms with Gasteiger partial charge in [-0.1, -0.05) is 48.0 Å². The number of carbonyl (C=O) groups is 1. The van der Waals surface area contributed by atoms with Crippen molar-refractivity contribution in [2.24, 2.45) is 0 Å². The summed E-state index contributed by atoms with van der Waals surface area (Å²) in [6.45, 7) is 9.14. The van der Waals surface area contributed by atoms with Gasteiger partial charge in [0.1, 0.15) is 0 Å². The number of aromatic amines is 1. The van der Waals surface area contributed by atoms with Crippen LogP contribution in [-0.2, 0) is 6.54 Å². The van der Waals surface area contributed by atoms with E-state index < -0.39 is 0 Å². The first-order valence-electron chi connectivity index (χ1n) is 13.3. The fraction of sp³-hybridized carbons (Fsp3) is 0.188. The molecule has 5 aromatic rings. The monoisotopic (exact) mass is 594 g/mol. The van der Waals surface area contributed by atoms with Crippen LogP contribution in [0.4, 0.5) is 5.69 Å². The Kier molecular flexibility index (Phi) is 8.48. The van der Waals surface area contributed by atoms with E-state index in [-0.39, 0.29) is 5.91 Å². The molecule has 2 aromatic carbocycles. The van der Waals surface area contributed by atoms with Crippen LogP contribution >= 0.6 is 15.9 Å². The maximum atomic E-state index is 13.0. The summed E-state index contributed by atoms with van der Waals surface area (Å²) in [6, 6.07) is 19.3. The van der Waals surface area contributed by atoms with Gasteiger partial charge in [0.2, 0.25) is 0 Å². The number of rotatable bonds is 9. The molecule has 0 saturated carbocycles. The summed E-state index contributed by atoms with van der Waals surface area (Å²) < 4.78 is 0.937. The summed E-state index contributed by atoms with van der Waals surface area (Å²) in [4.78, 5) is 32.3. The molecule has 0 aliphatic heterocycles. The Morgan fingerprint density at radius 3 is 2.50 bits per heavy atom. The molecule has 0 saturated heterocycles. The van der Waals surface area contributed by atoms with E-state index in [1.54, 1.807) is 18.6 Å². The first kappa shape index (κ1) is 27.4. The number of carbonyl (C=O) groups excluding carboxylic acids is 1. The van der Waals surface area contributed by atoms with Gasteiger partial charge in [0.05, 0.1) is 11.4 Å². The van der Waals surface area contributed by atoms with Crippen molar-refractivity contribution in [3.8, 4) is 33.9 Å². The van der Waals surface area contributed by atoms with Gasteiger partial charge in [-0.3, -0.25) is 14.7 Å². The molecule has 40 heavy (non-hydrogen) atoms. The molecule has 0 fully saturated rings. The number of anilines is 1. The highest BCUT2D eigenvalue weighted by molar-refractivity contribution is 9.10. The molecule has 7 nitrogen and oxygen atoms in total. The number of benzene rings is 2. The molecule has 8 heteroatoms. The summed E-state index contributed by atoms with van der Waals surface area (Å²) in [6.07, 6.45) is 7.27. The minimum atomic E-state index is -0.153. The molecule has 0 radical (unpaired) electrons. The third-order valence-electron chi connectivity index (χ3n) is 6.95. The molecule has 3 aromatic heterocycles. The van der Waals surface area contributed by atoms with Crippen molar-refractivity contribution in [2.75, 3.05) is 18.4 Å². The second-order valence-electron chi connectivity index (χ2n) is 9.53. The van der Waals surface area contributed by atoms with Crippen LogP contribution in [0.25, 0.3) is 33.9 Å². The van der Waals surface area contributed by atoms with Gasteiger partial charge in [0.15, 0.2) is 5.82 Å². The predicted octanol–water partition coefficient (Wildman–Crippen LogP) is 7.37. The van der Waals surface area contributed by atoms with Crippen LogP contribution in [0.2, 0.25) is 0 Å². The van der Waals surface area contributed by atoms with E-state index in [0.717, 1.165) is 69.0 Å². The molecule has 5 rings (SSSR count). The molecule has 0 bridgehead atoms. The summed E-state index contributed by atoms with van der Waals surface area (Å²) in [5, 5.41) is 3.01. The molecule has 0 unspecified atom stereocenters. The average Bonchev–Trinajstić information content (AvgIpc) is 3.38. The zero-order chi connectivity index (χ0) is 28.1. The van der Waals surface area contributed by atoms with Crippen LogP contribution in [0.3, 0.4) is 0 Å². The quantitative estimate of drug-likeness (QED) is 0.186. The lowest BCUT2D eigenvalue weighted by Gasteiger charge is -2.19. The van der Waals surface area contributed by atoms with Gasteiger partial charge in [-0.25, -0.2) is 9.97 Å². The highest BCUT2D eigenvalue weighted by Gasteiger charge is 2.17. The Morgan fingerprint density at radius 1 is 1.00 bits per heavy atom. The summed E-state index contributed by atoms with van der Waals surface area (Å²) in [5.74, 6) is 0.488. The molecule has 2 N–H and O–H groups in total. The minimum Gasteiger partial charge on any atom is -0.360 e. The lowest BCUT2D eigenvalue weighted by molar-refractivity contribution is 0.102. The van der Waals surface area contributed by atoms with Crippen LogP contribution < -0.4 is 5.32 Å². The smallest absolute Gasteiger partial charge is 0.255 e. The fourth-order valence-electron chi connectivity index (χ4n) is 4.62. The van der Waals surface area contributed by atoms with Gasteiger partial charge in [-0.15, -0.1) is 0 Å². The normalized spacial score (nSPS) is 11.1. The Bertz CT molecular complexity index is 1610. The van der Waals surface area contributed by atoms with E-state index in [1.807, 2.05) is 73.8 Å². The second kappa shape index (κ2) is 12.4. The van der Waals surface area contributed by atoms with Gasteiger partial charge in [0, 0.05) is 58.2 Å². The van der Waals surface area contributed by atoms with Crippen LogP contribution in [0.1, 0.15) is 35.3 Å². The van der Waals surface area contributed by atoms with Crippen molar-refractivity contribution in [3.05, 3.63) is 107 Å². The minimum absolute atomic E-state index is 0.153. The maximum absolute atomic E-state index is 13.0. The molecule has 1 amide bonds. The van der Waals surface area contributed by atoms with Gasteiger partial charge < -0.3 is 10.3 Å². The first-order valence-corrected chi connectivity index (χ1v) is 14.1. The van der Waals surface area contributed by atoms with Crippen molar-refractivity contribution in [3.63, 3.8) is 0 Å². The molecular formula is C32H31BrN6O. The zero-order valence-corrected chi connectivity index (χ0v) is 24.4. The van der Waals surface area contributed by atoms with Crippen molar-refractivity contribution < 1.29 is 4.79 Å². The lowest BCUT2D eigenvalue weighted by Crippen LogP contribution is -2.22. The Morgan fingerprint density at radius 2 is 1.80 bits per heavy atom. The molecule has 202 valence electrons. The van der Waals surface area contributed by atoms with Gasteiger partial charge in [-0.2, -0.15) is 0 Å². The molecule has 0 atom stereocenters. The van der Waals surface area contributed by atoms with Gasteiger partial charge in [0.25, 0.3) is 5.91 Å². The standard InChI is InChI=1S/C32H31BrN6O/c1-4-39(5-2)20-25-9-8-23(17-27(25)33)32(40)37-26-12-10-22(11-13-26)30-29(21(3)18-36-30)31-35-16-14-28(38-31)24-7-6-15-34-19-24/h6-19,36H,4-5,20H2,1-3H3,(H,37,40). The second-order valence-corrected chi connectivity index (χ2v) is 10.4. The van der Waals surface area contributed by atoms with E-state index >= 15 is 0 Å². The number of halogens is 1. The Labute approximate surface area is 242 Å². The Balaban J connectivity index is 1.34. The van der Waals surface area contributed by atoms with E-state index in [1.165, 1.54) is 0 Å². The van der Waals surface area contributed by atoms with Crippen molar-refractivity contribution in [1.82, 2.24) is 24.8 Å². The third-order valence-corrected chi connectivity index (χ3v) is 7.69. The number of nitrogens with one attached hydrogen (secondary N) is 2. The van der Waals surface area contributed by atoms with Gasteiger partial charge >= 0.3 is 0 Å². The van der Waals surface area contributed by atoms with Crippen LogP contribution in [0, 0.1) is 6.92 Å². The average molecular weight is 596 g/mol. The number of amides is 1. The number of aryl methyl sites for hydroxylation is 1. The highest BCUT2D eigenvalue weighted by atomic mass is 79.9. The van der Waals surface area contributed by atoms with Crippen molar-refractivity contribution >= 4 is 27.5 Å². The Hall–Kier alpha value is -4.14. The van der Waals surface area contributed by atoms with Crippen LogP contribution in [-0.4, -0.2) is 43.8 Å². The number of hydrogen-bond acceptors (Lipinski definition) is 5. The molecule has 0 spiro atoms. The van der Waals surface area contributed by atoms with Crippen molar-refractivity contribution in [1.29, 1.82) is 0 Å². The molecule has 0 aliphatic rings. The topological polar surface area (TPSA) is 86.8 Å². The molecule has 3 heterocycles. The number of hydrogen-bond donors (Lipinski definition) is 2. The van der Waals surface area contributed by atoms with E-state index in [0.29, 0.717) is 11.4 Å². The first-order chi connectivity index (χ1) is 19.5. The third kappa shape index (κ3) is 6.03. The predicted molar refractivity (Wildman–Crippen MR) is 164 cm³/mol. The molecular weight excluding hydrogens is 564 g/mol. The summed E-state index contributed by atoms with van der Waals surface area (Å²) >= 11 is 3.65. The molecule has 0 aliphatic carbocycles. The van der Waals surface area contributed by atoms with Gasteiger partial charge in [-0.05, 0) is 79.2 Å².